The number of fused-ring (bicyclic) bond motifs is 2. The van der Waals surface area contributed by atoms with Crippen LogP contribution in [-0.4, -0.2) is 41.5 Å². The van der Waals surface area contributed by atoms with Crippen LogP contribution in [0.3, 0.4) is 0 Å². The van der Waals surface area contributed by atoms with E-state index in [0.717, 1.165) is 18.4 Å². The number of carbonyl (C=O) groups is 1. The minimum Gasteiger partial charge on any atom is -0.465 e. The average Bonchev–Trinajstić information content (AvgIpc) is 3.34. The van der Waals surface area contributed by atoms with Gasteiger partial charge in [0, 0.05) is 18.7 Å². The van der Waals surface area contributed by atoms with Gasteiger partial charge in [-0.1, -0.05) is 33.3 Å². The van der Waals surface area contributed by atoms with Crippen LogP contribution in [0.1, 0.15) is 44.0 Å². The molecule has 3 aromatic rings. The molecule has 0 fully saturated rings. The topological polar surface area (TPSA) is 59.4 Å². The number of nitrogens with zero attached hydrogens (tertiary/aromatic N) is 3. The van der Waals surface area contributed by atoms with Gasteiger partial charge in [0.15, 0.2) is 6.17 Å². The molecule has 0 radical (unpaired) electrons. The van der Waals surface area contributed by atoms with Crippen LogP contribution in [0.15, 0.2) is 36.4 Å². The zero-order valence-corrected chi connectivity index (χ0v) is 19.7. The number of rotatable bonds is 7. The molecule has 34 heavy (non-hydrogen) atoms. The molecule has 9 heteroatoms. The van der Waals surface area contributed by atoms with Crippen molar-refractivity contribution in [1.29, 1.82) is 0 Å². The molecule has 4 rings (SSSR count). The van der Waals surface area contributed by atoms with E-state index in [1.807, 2.05) is 30.5 Å². The van der Waals surface area contributed by atoms with Gasteiger partial charge >= 0.3 is 12.1 Å². The molecule has 0 bridgehead atoms. The van der Waals surface area contributed by atoms with E-state index in [2.05, 4.69) is 12.2 Å². The number of hydrogen-bond acceptors (Lipinski definition) is 5. The van der Waals surface area contributed by atoms with Gasteiger partial charge in [0.2, 0.25) is 0 Å². The van der Waals surface area contributed by atoms with Crippen molar-refractivity contribution in [3.63, 3.8) is 0 Å². The maximum atomic E-state index is 14.0. The number of hydrogen-bond donors (Lipinski definition) is 1. The number of aromatic nitrogens is 2. The maximum absolute atomic E-state index is 14.0. The summed E-state index contributed by atoms with van der Waals surface area (Å²) in [6.45, 7) is 6.78. The number of benzene rings is 2. The van der Waals surface area contributed by atoms with Gasteiger partial charge in [0.1, 0.15) is 5.82 Å². The predicted molar refractivity (Wildman–Crippen MR) is 127 cm³/mol. The van der Waals surface area contributed by atoms with Gasteiger partial charge in [0.05, 0.1) is 35.1 Å². The second-order valence-corrected chi connectivity index (χ2v) is 8.97. The first kappa shape index (κ1) is 23.9. The SMILES string of the molecule is CCCCn1c(-c2cccc3c2N(CC(C)C)C(C(F)(F)F)N3)nc2cc(C(=O)OC)ccc21. The summed E-state index contributed by atoms with van der Waals surface area (Å²) in [5, 5.41) is 2.67. The van der Waals surface area contributed by atoms with E-state index in [-0.39, 0.29) is 12.5 Å². The number of nitrogens with one attached hydrogen (secondary N) is 1. The summed E-state index contributed by atoms with van der Waals surface area (Å²) in [7, 11) is 1.32. The monoisotopic (exact) mass is 474 g/mol. The van der Waals surface area contributed by atoms with Gasteiger partial charge in [0.25, 0.3) is 0 Å². The van der Waals surface area contributed by atoms with Crippen LogP contribution in [0.25, 0.3) is 22.4 Å². The number of aryl methyl sites for hydroxylation is 1. The summed E-state index contributed by atoms with van der Waals surface area (Å²) in [5.74, 6) is 0.139. The largest absolute Gasteiger partial charge is 0.465 e. The molecule has 6 nitrogen and oxygen atoms in total. The van der Waals surface area contributed by atoms with Crippen molar-refractivity contribution < 1.29 is 22.7 Å². The minimum absolute atomic E-state index is 0.0205. The standard InChI is InChI=1S/C25H29F3N4O2/c1-5-6-12-31-20-11-10-16(23(33)34-4)13-19(20)29-22(31)17-8-7-9-18-21(17)32(14-15(2)3)24(30-18)25(26,27)28/h7-11,13,15,24,30H,5-6,12,14H2,1-4H3. The summed E-state index contributed by atoms with van der Waals surface area (Å²) >= 11 is 0. The third-order valence-corrected chi connectivity index (χ3v) is 5.94. The van der Waals surface area contributed by atoms with Crippen molar-refractivity contribution >= 4 is 28.4 Å². The summed E-state index contributed by atoms with van der Waals surface area (Å²) < 4.78 is 48.7. The Morgan fingerprint density at radius 3 is 2.65 bits per heavy atom. The molecule has 1 unspecified atom stereocenters. The summed E-state index contributed by atoms with van der Waals surface area (Å²) in [5.41, 5.74) is 3.36. The molecule has 0 saturated heterocycles. The fraction of sp³-hybridized carbons (Fsp3) is 0.440. The van der Waals surface area contributed by atoms with Crippen LogP contribution < -0.4 is 10.2 Å². The minimum atomic E-state index is -4.44. The highest BCUT2D eigenvalue weighted by Gasteiger charge is 2.49. The zero-order valence-electron chi connectivity index (χ0n) is 19.7. The molecule has 182 valence electrons. The Morgan fingerprint density at radius 2 is 2.00 bits per heavy atom. The molecule has 2 heterocycles. The second-order valence-electron chi connectivity index (χ2n) is 8.97. The third-order valence-electron chi connectivity index (χ3n) is 5.94. The van der Waals surface area contributed by atoms with Crippen LogP contribution in [0.2, 0.25) is 0 Å². The predicted octanol–water partition coefficient (Wildman–Crippen LogP) is 6.07. The first-order valence-electron chi connectivity index (χ1n) is 11.5. The second kappa shape index (κ2) is 9.19. The smallest absolute Gasteiger partial charge is 0.427 e. The molecular formula is C25H29F3N4O2. The maximum Gasteiger partial charge on any atom is 0.427 e. The number of para-hydroxylation sites is 1. The molecule has 0 aliphatic carbocycles. The number of esters is 1. The lowest BCUT2D eigenvalue weighted by atomic mass is 10.1. The highest BCUT2D eigenvalue weighted by Crippen LogP contribution is 2.46. The Morgan fingerprint density at radius 1 is 1.24 bits per heavy atom. The van der Waals surface area contributed by atoms with Crippen LogP contribution in [-0.2, 0) is 11.3 Å². The Bertz CT molecular complexity index is 1200. The van der Waals surface area contributed by atoms with Gasteiger partial charge in [-0.2, -0.15) is 13.2 Å². The molecular weight excluding hydrogens is 445 g/mol. The summed E-state index contributed by atoms with van der Waals surface area (Å²) in [6.07, 6.45) is -4.41. The van der Waals surface area contributed by atoms with Gasteiger partial charge < -0.3 is 19.5 Å². The van der Waals surface area contributed by atoms with E-state index in [1.165, 1.54) is 12.0 Å². The molecule has 1 atom stereocenters. The summed E-state index contributed by atoms with van der Waals surface area (Å²) in [4.78, 5) is 18.3. The van der Waals surface area contributed by atoms with Crippen LogP contribution in [0.5, 0.6) is 0 Å². The van der Waals surface area contributed by atoms with E-state index in [9.17, 15) is 18.0 Å². The van der Waals surface area contributed by atoms with Crippen molar-refractivity contribution in [3.8, 4) is 11.4 Å². The molecule has 1 N–H and O–H groups in total. The van der Waals surface area contributed by atoms with Crippen molar-refractivity contribution in [3.05, 3.63) is 42.0 Å². The number of methoxy groups -OCH3 is 1. The number of halogens is 3. The average molecular weight is 475 g/mol. The van der Waals surface area contributed by atoms with Crippen molar-refractivity contribution in [2.75, 3.05) is 23.9 Å². The normalized spacial score (nSPS) is 15.6. The third kappa shape index (κ3) is 4.31. The van der Waals surface area contributed by atoms with Gasteiger partial charge in [-0.15, -0.1) is 0 Å². The Balaban J connectivity index is 1.92. The quantitative estimate of drug-likeness (QED) is 0.422. The van der Waals surface area contributed by atoms with Crippen molar-refractivity contribution in [2.45, 2.75) is 52.5 Å². The van der Waals surface area contributed by atoms with E-state index < -0.39 is 18.3 Å². The lowest BCUT2D eigenvalue weighted by Crippen LogP contribution is -2.48. The first-order chi connectivity index (χ1) is 16.2. The molecule has 1 aliphatic rings. The Hall–Kier alpha value is -3.23. The fourth-order valence-electron chi connectivity index (χ4n) is 4.48. The zero-order chi connectivity index (χ0) is 24.6. The molecule has 0 amide bonds. The van der Waals surface area contributed by atoms with E-state index in [4.69, 9.17) is 9.72 Å². The summed E-state index contributed by atoms with van der Waals surface area (Å²) in [6, 6.07) is 10.4. The first-order valence-corrected chi connectivity index (χ1v) is 11.5. The highest BCUT2D eigenvalue weighted by atomic mass is 19.4. The molecule has 0 spiro atoms. The molecule has 1 aliphatic heterocycles. The number of imidazole rings is 1. The Kier molecular flexibility index (Phi) is 6.47. The lowest BCUT2D eigenvalue weighted by Gasteiger charge is -2.30. The highest BCUT2D eigenvalue weighted by molar-refractivity contribution is 5.96. The lowest BCUT2D eigenvalue weighted by molar-refractivity contribution is -0.141. The van der Waals surface area contributed by atoms with Gasteiger partial charge in [-0.25, -0.2) is 9.78 Å². The number of ether oxygens (including phenoxy) is 1. The van der Waals surface area contributed by atoms with E-state index in [0.29, 0.717) is 40.4 Å². The van der Waals surface area contributed by atoms with Crippen molar-refractivity contribution in [2.24, 2.45) is 5.92 Å². The van der Waals surface area contributed by atoms with Gasteiger partial charge in [-0.05, 0) is 42.7 Å². The van der Waals surface area contributed by atoms with Crippen LogP contribution in [0, 0.1) is 5.92 Å². The number of carbonyl (C=O) groups excluding carboxylic acids is 1. The van der Waals surface area contributed by atoms with Crippen LogP contribution in [0.4, 0.5) is 24.5 Å². The molecule has 0 saturated carbocycles. The van der Waals surface area contributed by atoms with Crippen LogP contribution >= 0.6 is 0 Å². The van der Waals surface area contributed by atoms with Gasteiger partial charge in [-0.3, -0.25) is 0 Å². The van der Waals surface area contributed by atoms with Crippen molar-refractivity contribution in [1.82, 2.24) is 9.55 Å². The number of anilines is 2. The number of alkyl halides is 3. The molecule has 1 aromatic heterocycles. The van der Waals surface area contributed by atoms with E-state index in [1.54, 1.807) is 24.3 Å². The van der Waals surface area contributed by atoms with E-state index >= 15 is 0 Å². The fourth-order valence-corrected chi connectivity index (χ4v) is 4.48. The molecule has 2 aromatic carbocycles. The number of unbranched alkanes of at least 4 members (excludes halogenated alkanes) is 1. The Labute approximate surface area is 196 Å².